The summed E-state index contributed by atoms with van der Waals surface area (Å²) in [4.78, 5) is 0. The van der Waals surface area contributed by atoms with Gasteiger partial charge in [0.25, 0.3) is 0 Å². The van der Waals surface area contributed by atoms with Gasteiger partial charge >= 0.3 is 0 Å². The highest BCUT2D eigenvalue weighted by Gasteiger charge is 2.35. The number of hydrogen-bond donors (Lipinski definition) is 1. The van der Waals surface area contributed by atoms with Crippen LogP contribution in [0.4, 0.5) is 0 Å². The summed E-state index contributed by atoms with van der Waals surface area (Å²) in [5.41, 5.74) is 0. The Morgan fingerprint density at radius 1 is 1.20 bits per heavy atom. The second-order valence-corrected chi connectivity index (χ2v) is 4.60. The molecule has 1 rings (SSSR count). The van der Waals surface area contributed by atoms with Gasteiger partial charge < -0.3 is 10.1 Å². The topological polar surface area (TPSA) is 21.3 Å². The third-order valence-electron chi connectivity index (χ3n) is 3.11. The molecule has 1 aliphatic carbocycles. The van der Waals surface area contributed by atoms with Crippen LogP contribution in [0.1, 0.15) is 52.9 Å². The molecule has 0 amide bonds. The third-order valence-corrected chi connectivity index (χ3v) is 3.11. The van der Waals surface area contributed by atoms with Crippen molar-refractivity contribution in [1.29, 1.82) is 0 Å². The summed E-state index contributed by atoms with van der Waals surface area (Å²) in [5.74, 6) is 0.889. The number of ether oxygens (including phenoxy) is 1. The zero-order valence-corrected chi connectivity index (χ0v) is 10.6. The van der Waals surface area contributed by atoms with Gasteiger partial charge in [0.2, 0.25) is 0 Å². The van der Waals surface area contributed by atoms with Crippen LogP contribution in [-0.4, -0.2) is 25.3 Å². The number of hydrogen-bond acceptors (Lipinski definition) is 2. The maximum atomic E-state index is 5.88. The Labute approximate surface area is 94.8 Å². The van der Waals surface area contributed by atoms with Gasteiger partial charge in [0.1, 0.15) is 0 Å². The molecule has 1 fully saturated rings. The summed E-state index contributed by atoms with van der Waals surface area (Å²) in [6.45, 7) is 8.56. The molecule has 0 radical (unpaired) electrons. The summed E-state index contributed by atoms with van der Waals surface area (Å²) in [7, 11) is 0. The average Bonchev–Trinajstić information content (AvgIpc) is 3.03. The van der Waals surface area contributed by atoms with E-state index in [0.29, 0.717) is 12.1 Å². The molecule has 2 heteroatoms. The fourth-order valence-electron chi connectivity index (χ4n) is 2.23. The van der Waals surface area contributed by atoms with Gasteiger partial charge in [0.15, 0.2) is 0 Å². The van der Waals surface area contributed by atoms with Crippen LogP contribution >= 0.6 is 0 Å². The van der Waals surface area contributed by atoms with Gasteiger partial charge in [-0.2, -0.15) is 0 Å². The fourth-order valence-corrected chi connectivity index (χ4v) is 2.23. The van der Waals surface area contributed by atoms with E-state index in [2.05, 4.69) is 26.1 Å². The molecule has 90 valence electrons. The number of rotatable bonds is 9. The van der Waals surface area contributed by atoms with E-state index in [1.54, 1.807) is 0 Å². The van der Waals surface area contributed by atoms with Gasteiger partial charge in [0, 0.05) is 12.6 Å². The van der Waals surface area contributed by atoms with Crippen LogP contribution in [0, 0.1) is 5.92 Å². The minimum absolute atomic E-state index is 0.444. The van der Waals surface area contributed by atoms with E-state index in [4.69, 9.17) is 4.74 Å². The highest BCUT2D eigenvalue weighted by atomic mass is 16.5. The van der Waals surface area contributed by atoms with Crippen molar-refractivity contribution < 1.29 is 4.74 Å². The van der Waals surface area contributed by atoms with Crippen LogP contribution in [-0.2, 0) is 4.74 Å². The van der Waals surface area contributed by atoms with Gasteiger partial charge in [-0.25, -0.2) is 0 Å². The summed E-state index contributed by atoms with van der Waals surface area (Å²) in [6, 6.07) is 0.616. The molecule has 15 heavy (non-hydrogen) atoms. The first-order chi connectivity index (χ1) is 7.33. The molecule has 2 nitrogen and oxygen atoms in total. The number of nitrogens with one attached hydrogen (secondary N) is 1. The molecule has 2 unspecified atom stereocenters. The van der Waals surface area contributed by atoms with Crippen molar-refractivity contribution in [2.24, 2.45) is 5.92 Å². The highest BCUT2D eigenvalue weighted by Crippen LogP contribution is 2.35. The van der Waals surface area contributed by atoms with Crippen molar-refractivity contribution in [2.45, 2.75) is 65.0 Å². The Morgan fingerprint density at radius 3 is 2.40 bits per heavy atom. The van der Waals surface area contributed by atoms with Gasteiger partial charge in [-0.1, -0.05) is 20.3 Å². The zero-order valence-electron chi connectivity index (χ0n) is 10.6. The first-order valence-electron chi connectivity index (χ1n) is 6.68. The molecule has 0 aliphatic heterocycles. The monoisotopic (exact) mass is 213 g/mol. The molecule has 1 aliphatic rings. The average molecular weight is 213 g/mol. The van der Waals surface area contributed by atoms with Gasteiger partial charge in [-0.15, -0.1) is 0 Å². The van der Waals surface area contributed by atoms with Crippen LogP contribution in [0.25, 0.3) is 0 Å². The lowest BCUT2D eigenvalue weighted by atomic mass is 10.0. The zero-order chi connectivity index (χ0) is 11.1. The standard InChI is InChI=1S/C13H27NO/c1-4-7-12(15-6-3)13(11-8-9-11)14-10-5-2/h11-14H,4-10H2,1-3H3. The summed E-state index contributed by atoms with van der Waals surface area (Å²) < 4.78 is 5.88. The molecule has 0 saturated heterocycles. The third kappa shape index (κ3) is 4.52. The van der Waals surface area contributed by atoms with E-state index >= 15 is 0 Å². The second-order valence-electron chi connectivity index (χ2n) is 4.60. The molecule has 0 bridgehead atoms. The van der Waals surface area contributed by atoms with Crippen molar-refractivity contribution in [3.05, 3.63) is 0 Å². The van der Waals surface area contributed by atoms with E-state index in [-0.39, 0.29) is 0 Å². The lowest BCUT2D eigenvalue weighted by molar-refractivity contribution is 0.0223. The maximum Gasteiger partial charge on any atom is 0.0730 e. The quantitative estimate of drug-likeness (QED) is 0.636. The van der Waals surface area contributed by atoms with Crippen LogP contribution in [0.2, 0.25) is 0 Å². The lowest BCUT2D eigenvalue weighted by Crippen LogP contribution is -2.43. The molecule has 0 aromatic carbocycles. The summed E-state index contributed by atoms with van der Waals surface area (Å²) in [5, 5.41) is 3.68. The fraction of sp³-hybridized carbons (Fsp3) is 1.00. The Balaban J connectivity index is 2.40. The van der Waals surface area contributed by atoms with Crippen molar-refractivity contribution >= 4 is 0 Å². The van der Waals surface area contributed by atoms with E-state index in [1.165, 1.54) is 32.1 Å². The Morgan fingerprint density at radius 2 is 1.93 bits per heavy atom. The summed E-state index contributed by atoms with van der Waals surface area (Å²) >= 11 is 0. The van der Waals surface area contributed by atoms with E-state index in [9.17, 15) is 0 Å². The lowest BCUT2D eigenvalue weighted by Gasteiger charge is -2.28. The maximum absolute atomic E-state index is 5.88. The molecule has 0 spiro atoms. The van der Waals surface area contributed by atoms with Crippen LogP contribution in [0.15, 0.2) is 0 Å². The van der Waals surface area contributed by atoms with Crippen LogP contribution < -0.4 is 5.32 Å². The highest BCUT2D eigenvalue weighted by molar-refractivity contribution is 4.91. The van der Waals surface area contributed by atoms with Crippen molar-refractivity contribution in [2.75, 3.05) is 13.2 Å². The minimum Gasteiger partial charge on any atom is -0.377 e. The first kappa shape index (κ1) is 13.0. The first-order valence-corrected chi connectivity index (χ1v) is 6.68. The van der Waals surface area contributed by atoms with Gasteiger partial charge in [0.05, 0.1) is 6.10 Å². The second kappa shape index (κ2) is 7.24. The predicted molar refractivity (Wildman–Crippen MR) is 65.1 cm³/mol. The molecule has 1 N–H and O–H groups in total. The predicted octanol–water partition coefficient (Wildman–Crippen LogP) is 2.97. The molecular formula is C13H27NO. The van der Waals surface area contributed by atoms with E-state index in [1.807, 2.05) is 0 Å². The molecule has 0 heterocycles. The molecule has 0 aromatic heterocycles. The largest absolute Gasteiger partial charge is 0.377 e. The SMILES string of the molecule is CCCNC(C1CC1)C(CCC)OCC. The Bertz CT molecular complexity index is 151. The van der Waals surface area contributed by atoms with Gasteiger partial charge in [-0.3, -0.25) is 0 Å². The molecular weight excluding hydrogens is 186 g/mol. The minimum atomic E-state index is 0.444. The van der Waals surface area contributed by atoms with Crippen molar-refractivity contribution in [1.82, 2.24) is 5.32 Å². The van der Waals surface area contributed by atoms with E-state index < -0.39 is 0 Å². The van der Waals surface area contributed by atoms with Gasteiger partial charge in [-0.05, 0) is 45.1 Å². The molecule has 1 saturated carbocycles. The normalized spacial score (nSPS) is 20.2. The smallest absolute Gasteiger partial charge is 0.0730 e. The van der Waals surface area contributed by atoms with Crippen LogP contribution in [0.3, 0.4) is 0 Å². The summed E-state index contributed by atoms with van der Waals surface area (Å²) in [6.07, 6.45) is 6.88. The van der Waals surface area contributed by atoms with Crippen molar-refractivity contribution in [3.8, 4) is 0 Å². The van der Waals surface area contributed by atoms with Crippen LogP contribution in [0.5, 0.6) is 0 Å². The van der Waals surface area contributed by atoms with Crippen molar-refractivity contribution in [3.63, 3.8) is 0 Å². The molecule has 2 atom stereocenters. The Kier molecular flexibility index (Phi) is 6.26. The Hall–Kier alpha value is -0.0800. The molecule has 0 aromatic rings. The van der Waals surface area contributed by atoms with E-state index in [0.717, 1.165) is 19.1 Å².